The average Bonchev–Trinajstić information content (AvgIpc) is 3.16. The fourth-order valence-electron chi connectivity index (χ4n) is 3.69. The molecule has 5 heteroatoms. The number of benzene rings is 1. The predicted octanol–water partition coefficient (Wildman–Crippen LogP) is 3.53. The standard InChI is InChI=1S/C20H22N4O/c1-14-5-6-19-17(10-14)18(11-15(2)22-19)20(25)23-8-3-4-16(12-23)24-9-7-21-13-24/h5-7,9-11,13,16H,3-4,8,12H2,1-2H3/t16-/m1/s1. The highest BCUT2D eigenvalue weighted by Gasteiger charge is 2.26. The van der Waals surface area contributed by atoms with Gasteiger partial charge in [-0.1, -0.05) is 11.6 Å². The minimum atomic E-state index is 0.103. The maximum Gasteiger partial charge on any atom is 0.254 e. The zero-order valence-electron chi connectivity index (χ0n) is 14.6. The van der Waals surface area contributed by atoms with Gasteiger partial charge in [-0.05, 0) is 44.9 Å². The molecule has 1 aliphatic rings. The Hall–Kier alpha value is -2.69. The van der Waals surface area contributed by atoms with Crippen LogP contribution in [0.4, 0.5) is 0 Å². The van der Waals surface area contributed by atoms with Gasteiger partial charge in [0.05, 0.1) is 23.4 Å². The molecule has 1 aromatic carbocycles. The topological polar surface area (TPSA) is 51.0 Å². The van der Waals surface area contributed by atoms with Crippen molar-refractivity contribution in [2.75, 3.05) is 13.1 Å². The van der Waals surface area contributed by atoms with Crippen molar-refractivity contribution in [3.05, 3.63) is 59.8 Å². The molecule has 3 heterocycles. The minimum absolute atomic E-state index is 0.103. The van der Waals surface area contributed by atoms with Crippen LogP contribution < -0.4 is 0 Å². The van der Waals surface area contributed by atoms with Crippen LogP contribution in [0.3, 0.4) is 0 Å². The van der Waals surface area contributed by atoms with Crippen LogP contribution in [0, 0.1) is 13.8 Å². The highest BCUT2D eigenvalue weighted by molar-refractivity contribution is 6.06. The second-order valence-electron chi connectivity index (χ2n) is 6.89. The summed E-state index contributed by atoms with van der Waals surface area (Å²) in [6, 6.07) is 8.32. The number of amides is 1. The van der Waals surface area contributed by atoms with Gasteiger partial charge in [0.15, 0.2) is 0 Å². The van der Waals surface area contributed by atoms with E-state index >= 15 is 0 Å². The summed E-state index contributed by atoms with van der Waals surface area (Å²) in [5.41, 5.74) is 3.67. The van der Waals surface area contributed by atoms with Gasteiger partial charge in [-0.3, -0.25) is 9.78 Å². The molecule has 0 radical (unpaired) electrons. The molecule has 128 valence electrons. The molecule has 5 nitrogen and oxygen atoms in total. The second kappa shape index (κ2) is 6.31. The van der Waals surface area contributed by atoms with E-state index in [0.29, 0.717) is 6.04 Å². The van der Waals surface area contributed by atoms with E-state index < -0.39 is 0 Å². The van der Waals surface area contributed by atoms with E-state index in [1.54, 1.807) is 6.20 Å². The molecule has 1 fully saturated rings. The molecule has 1 saturated heterocycles. The lowest BCUT2D eigenvalue weighted by molar-refractivity contribution is 0.0681. The van der Waals surface area contributed by atoms with Crippen LogP contribution in [-0.2, 0) is 0 Å². The zero-order valence-corrected chi connectivity index (χ0v) is 14.6. The number of fused-ring (bicyclic) bond motifs is 1. The lowest BCUT2D eigenvalue weighted by Gasteiger charge is -2.33. The fourth-order valence-corrected chi connectivity index (χ4v) is 3.69. The van der Waals surface area contributed by atoms with E-state index in [9.17, 15) is 4.79 Å². The summed E-state index contributed by atoms with van der Waals surface area (Å²) < 4.78 is 2.11. The van der Waals surface area contributed by atoms with Crippen LogP contribution >= 0.6 is 0 Å². The van der Waals surface area contributed by atoms with Crippen molar-refractivity contribution in [2.24, 2.45) is 0 Å². The first kappa shape index (κ1) is 15.8. The molecule has 25 heavy (non-hydrogen) atoms. The number of likely N-dealkylation sites (tertiary alicyclic amines) is 1. The molecular weight excluding hydrogens is 312 g/mol. The quantitative estimate of drug-likeness (QED) is 0.720. The average molecular weight is 334 g/mol. The SMILES string of the molecule is Cc1ccc2nc(C)cc(C(=O)N3CCC[C@@H](n4ccnc4)C3)c2c1. The van der Waals surface area contributed by atoms with E-state index in [1.807, 2.05) is 49.5 Å². The minimum Gasteiger partial charge on any atom is -0.337 e. The number of imidazole rings is 1. The lowest BCUT2D eigenvalue weighted by Crippen LogP contribution is -2.40. The van der Waals surface area contributed by atoms with E-state index in [1.165, 1.54) is 0 Å². The van der Waals surface area contributed by atoms with Gasteiger partial charge in [0.25, 0.3) is 5.91 Å². The number of carbonyl (C=O) groups excluding carboxylic acids is 1. The first-order valence-corrected chi connectivity index (χ1v) is 8.76. The molecular formula is C20H22N4O. The van der Waals surface area contributed by atoms with Gasteiger partial charge >= 0.3 is 0 Å². The Morgan fingerprint density at radius 3 is 2.92 bits per heavy atom. The summed E-state index contributed by atoms with van der Waals surface area (Å²) >= 11 is 0. The van der Waals surface area contributed by atoms with Gasteiger partial charge < -0.3 is 9.47 Å². The van der Waals surface area contributed by atoms with Crippen molar-refractivity contribution in [1.82, 2.24) is 19.4 Å². The second-order valence-corrected chi connectivity index (χ2v) is 6.89. The summed E-state index contributed by atoms with van der Waals surface area (Å²) in [4.78, 5) is 24.0. The zero-order chi connectivity index (χ0) is 17.4. The third-order valence-electron chi connectivity index (χ3n) is 4.95. The largest absolute Gasteiger partial charge is 0.337 e. The molecule has 0 unspecified atom stereocenters. The third-order valence-corrected chi connectivity index (χ3v) is 4.95. The van der Waals surface area contributed by atoms with Crippen LogP contribution in [0.5, 0.6) is 0 Å². The molecule has 4 rings (SSSR count). The summed E-state index contributed by atoms with van der Waals surface area (Å²) in [6.45, 7) is 5.52. The molecule has 0 N–H and O–H groups in total. The Labute approximate surface area is 147 Å². The van der Waals surface area contributed by atoms with Gasteiger partial charge in [0, 0.05) is 36.6 Å². The molecule has 0 aliphatic carbocycles. The number of pyridine rings is 1. The fraction of sp³-hybridized carbons (Fsp3) is 0.350. The van der Waals surface area contributed by atoms with E-state index in [2.05, 4.69) is 20.6 Å². The van der Waals surface area contributed by atoms with Crippen molar-refractivity contribution in [3.63, 3.8) is 0 Å². The predicted molar refractivity (Wildman–Crippen MR) is 97.6 cm³/mol. The molecule has 0 saturated carbocycles. The van der Waals surface area contributed by atoms with Crippen LogP contribution in [0.25, 0.3) is 10.9 Å². The summed E-state index contributed by atoms with van der Waals surface area (Å²) in [7, 11) is 0. The molecule has 1 amide bonds. The number of carbonyl (C=O) groups is 1. The van der Waals surface area contributed by atoms with E-state index in [-0.39, 0.29) is 5.91 Å². The van der Waals surface area contributed by atoms with Crippen LogP contribution in [-0.4, -0.2) is 38.4 Å². The molecule has 1 aliphatic heterocycles. The van der Waals surface area contributed by atoms with Gasteiger partial charge in [-0.2, -0.15) is 0 Å². The maximum absolute atomic E-state index is 13.3. The van der Waals surface area contributed by atoms with Gasteiger partial charge in [0.2, 0.25) is 0 Å². The highest BCUT2D eigenvalue weighted by Crippen LogP contribution is 2.26. The normalized spacial score (nSPS) is 17.8. The Morgan fingerprint density at radius 1 is 1.24 bits per heavy atom. The number of aromatic nitrogens is 3. The summed E-state index contributed by atoms with van der Waals surface area (Å²) in [5, 5.41) is 0.945. The Bertz CT molecular complexity index is 917. The van der Waals surface area contributed by atoms with Crippen molar-refractivity contribution in [1.29, 1.82) is 0 Å². The van der Waals surface area contributed by atoms with Gasteiger partial charge in [0.1, 0.15) is 0 Å². The van der Waals surface area contributed by atoms with E-state index in [0.717, 1.165) is 53.7 Å². The Morgan fingerprint density at radius 2 is 2.12 bits per heavy atom. The number of nitrogens with zero attached hydrogens (tertiary/aromatic N) is 4. The van der Waals surface area contributed by atoms with Crippen LogP contribution in [0.2, 0.25) is 0 Å². The van der Waals surface area contributed by atoms with Crippen LogP contribution in [0.15, 0.2) is 43.0 Å². The first-order valence-electron chi connectivity index (χ1n) is 8.76. The smallest absolute Gasteiger partial charge is 0.254 e. The highest BCUT2D eigenvalue weighted by atomic mass is 16.2. The van der Waals surface area contributed by atoms with Crippen molar-refractivity contribution in [2.45, 2.75) is 32.7 Å². The number of aryl methyl sites for hydroxylation is 2. The van der Waals surface area contributed by atoms with Crippen molar-refractivity contribution >= 4 is 16.8 Å². The monoisotopic (exact) mass is 334 g/mol. The Kier molecular flexibility index (Phi) is 3.99. The van der Waals surface area contributed by atoms with E-state index in [4.69, 9.17) is 0 Å². The summed E-state index contributed by atoms with van der Waals surface area (Å²) in [6.07, 6.45) is 7.70. The van der Waals surface area contributed by atoms with Crippen molar-refractivity contribution < 1.29 is 4.79 Å². The molecule has 0 spiro atoms. The summed E-state index contributed by atoms with van der Waals surface area (Å²) in [5.74, 6) is 0.103. The van der Waals surface area contributed by atoms with Crippen LogP contribution in [0.1, 0.15) is 40.5 Å². The molecule has 2 aromatic heterocycles. The number of hydrogen-bond donors (Lipinski definition) is 0. The van der Waals surface area contributed by atoms with Gasteiger partial charge in [-0.25, -0.2) is 4.98 Å². The maximum atomic E-state index is 13.3. The number of rotatable bonds is 2. The molecule has 0 bridgehead atoms. The Balaban J connectivity index is 1.68. The lowest BCUT2D eigenvalue weighted by atomic mass is 10.0. The first-order chi connectivity index (χ1) is 12.1. The third kappa shape index (κ3) is 3.02. The van der Waals surface area contributed by atoms with Gasteiger partial charge in [-0.15, -0.1) is 0 Å². The number of piperidine rings is 1. The molecule has 1 atom stereocenters. The molecule has 3 aromatic rings. The number of hydrogen-bond acceptors (Lipinski definition) is 3. The van der Waals surface area contributed by atoms with Crippen molar-refractivity contribution in [3.8, 4) is 0 Å².